The second-order valence-electron chi connectivity index (χ2n) is 4.15. The molecule has 118 valence electrons. The lowest BCUT2D eigenvalue weighted by Crippen LogP contribution is -2.08. The van der Waals surface area contributed by atoms with E-state index in [1.165, 1.54) is 18.2 Å². The normalized spacial score (nSPS) is 11.5. The molecule has 0 fully saturated rings. The van der Waals surface area contributed by atoms with Gasteiger partial charge < -0.3 is 10.1 Å². The van der Waals surface area contributed by atoms with Crippen LogP contribution >= 0.6 is 0 Å². The Morgan fingerprint density at radius 2 is 1.82 bits per heavy atom. The number of ether oxygens (including phenoxy) is 1. The van der Waals surface area contributed by atoms with Crippen molar-refractivity contribution in [3.63, 3.8) is 0 Å². The van der Waals surface area contributed by atoms with Crippen LogP contribution in [-0.4, -0.2) is 16.6 Å². The number of rotatable bonds is 5. The fraction of sp³-hybridized carbons (Fsp3) is 0.231. The predicted molar refractivity (Wildman–Crippen MR) is 67.4 cm³/mol. The van der Waals surface area contributed by atoms with E-state index in [1.807, 2.05) is 0 Å². The Bertz CT molecular complexity index is 599. The molecule has 0 saturated heterocycles. The van der Waals surface area contributed by atoms with E-state index in [2.05, 4.69) is 20.0 Å². The summed E-state index contributed by atoms with van der Waals surface area (Å²) in [5.74, 6) is 0.161. The monoisotopic (exact) mass is 319 g/mol. The lowest BCUT2D eigenvalue weighted by Gasteiger charge is -2.09. The molecule has 1 N–H and O–H groups in total. The number of alkyl halides is 5. The van der Waals surface area contributed by atoms with Gasteiger partial charge >= 0.3 is 12.8 Å². The molecular weight excluding hydrogens is 309 g/mol. The first-order valence-corrected chi connectivity index (χ1v) is 6.01. The standard InChI is InChI=1S/C13H10F5N3O/c14-12(15)22-10-3-2-9(19-7-10)6-21-11-4-1-8(5-20-11)13(16,17)18/h1-5,7,12H,6H2,(H,20,21). The molecule has 4 nitrogen and oxygen atoms in total. The molecule has 0 aliphatic heterocycles. The van der Waals surface area contributed by atoms with Crippen molar-refractivity contribution in [3.05, 3.63) is 47.9 Å². The van der Waals surface area contributed by atoms with Gasteiger partial charge in [0.05, 0.1) is 24.0 Å². The van der Waals surface area contributed by atoms with Gasteiger partial charge in [-0.15, -0.1) is 0 Å². The predicted octanol–water partition coefficient (Wildman–Crippen LogP) is 3.71. The van der Waals surface area contributed by atoms with Crippen LogP contribution in [0, 0.1) is 0 Å². The van der Waals surface area contributed by atoms with Gasteiger partial charge in [-0.2, -0.15) is 22.0 Å². The van der Waals surface area contributed by atoms with Gasteiger partial charge in [0.2, 0.25) is 0 Å². The molecule has 0 atom stereocenters. The van der Waals surface area contributed by atoms with Crippen molar-refractivity contribution >= 4 is 5.82 Å². The molecule has 2 aromatic rings. The number of nitrogens with one attached hydrogen (secondary N) is 1. The van der Waals surface area contributed by atoms with Gasteiger partial charge in [-0.1, -0.05) is 0 Å². The van der Waals surface area contributed by atoms with Gasteiger partial charge in [-0.3, -0.25) is 4.98 Å². The second-order valence-corrected chi connectivity index (χ2v) is 4.15. The highest BCUT2D eigenvalue weighted by Crippen LogP contribution is 2.28. The summed E-state index contributed by atoms with van der Waals surface area (Å²) < 4.78 is 65.1. The van der Waals surface area contributed by atoms with E-state index < -0.39 is 18.4 Å². The number of pyridine rings is 2. The summed E-state index contributed by atoms with van der Waals surface area (Å²) in [7, 11) is 0. The summed E-state index contributed by atoms with van der Waals surface area (Å²) in [6, 6.07) is 4.87. The van der Waals surface area contributed by atoms with Gasteiger partial charge in [0.25, 0.3) is 0 Å². The summed E-state index contributed by atoms with van der Waals surface area (Å²) in [4.78, 5) is 7.51. The van der Waals surface area contributed by atoms with Crippen LogP contribution < -0.4 is 10.1 Å². The fourth-order valence-corrected chi connectivity index (χ4v) is 1.54. The van der Waals surface area contributed by atoms with Crippen LogP contribution in [0.2, 0.25) is 0 Å². The van der Waals surface area contributed by atoms with Crippen molar-refractivity contribution in [2.24, 2.45) is 0 Å². The summed E-state index contributed by atoms with van der Waals surface area (Å²) in [6.07, 6.45) is -2.59. The summed E-state index contributed by atoms with van der Waals surface area (Å²) >= 11 is 0. The van der Waals surface area contributed by atoms with Crippen molar-refractivity contribution in [1.29, 1.82) is 0 Å². The molecule has 9 heteroatoms. The van der Waals surface area contributed by atoms with Crippen LogP contribution in [0.15, 0.2) is 36.7 Å². The lowest BCUT2D eigenvalue weighted by molar-refractivity contribution is -0.137. The van der Waals surface area contributed by atoms with E-state index >= 15 is 0 Å². The topological polar surface area (TPSA) is 47.0 Å². The van der Waals surface area contributed by atoms with Crippen molar-refractivity contribution < 1.29 is 26.7 Å². The minimum absolute atomic E-state index is 0.0774. The molecule has 0 aliphatic carbocycles. The first-order valence-electron chi connectivity index (χ1n) is 6.01. The zero-order chi connectivity index (χ0) is 16.2. The van der Waals surface area contributed by atoms with Crippen molar-refractivity contribution in [2.45, 2.75) is 19.3 Å². The maximum Gasteiger partial charge on any atom is 0.417 e. The van der Waals surface area contributed by atoms with E-state index in [1.54, 1.807) is 0 Å². The maximum absolute atomic E-state index is 12.4. The number of aromatic nitrogens is 2. The first-order chi connectivity index (χ1) is 10.3. The summed E-state index contributed by atoms with van der Waals surface area (Å²) in [5, 5.41) is 2.77. The van der Waals surface area contributed by atoms with E-state index in [-0.39, 0.29) is 18.1 Å². The highest BCUT2D eigenvalue weighted by atomic mass is 19.4. The number of anilines is 1. The Balaban J connectivity index is 1.92. The largest absolute Gasteiger partial charge is 0.433 e. The molecule has 0 radical (unpaired) electrons. The minimum Gasteiger partial charge on any atom is -0.433 e. The average Bonchev–Trinajstić information content (AvgIpc) is 2.45. The maximum atomic E-state index is 12.4. The highest BCUT2D eigenvalue weighted by molar-refractivity contribution is 5.36. The lowest BCUT2D eigenvalue weighted by atomic mass is 10.3. The van der Waals surface area contributed by atoms with E-state index in [9.17, 15) is 22.0 Å². The van der Waals surface area contributed by atoms with Crippen LogP contribution in [0.5, 0.6) is 5.75 Å². The molecule has 0 aliphatic rings. The smallest absolute Gasteiger partial charge is 0.417 e. The van der Waals surface area contributed by atoms with Gasteiger partial charge in [-0.25, -0.2) is 4.98 Å². The average molecular weight is 319 g/mol. The number of halogens is 5. The number of nitrogens with zero attached hydrogens (tertiary/aromatic N) is 2. The van der Waals surface area contributed by atoms with Crippen molar-refractivity contribution in [3.8, 4) is 5.75 Å². The molecule has 0 bridgehead atoms. The Morgan fingerprint density at radius 3 is 2.32 bits per heavy atom. The third kappa shape index (κ3) is 4.54. The third-order valence-corrected chi connectivity index (χ3v) is 2.56. The van der Waals surface area contributed by atoms with Gasteiger partial charge in [0.15, 0.2) is 0 Å². The molecule has 2 heterocycles. The molecule has 0 unspecified atom stereocenters. The van der Waals surface area contributed by atoms with Crippen LogP contribution in [-0.2, 0) is 12.7 Å². The molecule has 22 heavy (non-hydrogen) atoms. The number of hydrogen-bond acceptors (Lipinski definition) is 4. The Labute approximate surface area is 122 Å². The molecule has 0 spiro atoms. The Kier molecular flexibility index (Phi) is 4.74. The Morgan fingerprint density at radius 1 is 1.05 bits per heavy atom. The first kappa shape index (κ1) is 15.9. The molecule has 0 saturated carbocycles. The summed E-state index contributed by atoms with van der Waals surface area (Å²) in [5.41, 5.74) is -0.354. The van der Waals surface area contributed by atoms with Gasteiger partial charge in [-0.05, 0) is 24.3 Å². The molecule has 2 rings (SSSR count). The van der Waals surface area contributed by atoms with E-state index in [0.29, 0.717) is 5.69 Å². The van der Waals surface area contributed by atoms with Crippen LogP contribution in [0.1, 0.15) is 11.3 Å². The van der Waals surface area contributed by atoms with Crippen molar-refractivity contribution in [2.75, 3.05) is 5.32 Å². The van der Waals surface area contributed by atoms with Crippen molar-refractivity contribution in [1.82, 2.24) is 9.97 Å². The second kappa shape index (κ2) is 6.54. The quantitative estimate of drug-likeness (QED) is 0.854. The van der Waals surface area contributed by atoms with E-state index in [4.69, 9.17) is 0 Å². The highest BCUT2D eigenvalue weighted by Gasteiger charge is 2.30. The minimum atomic E-state index is -4.44. The molecule has 2 aromatic heterocycles. The fourth-order valence-electron chi connectivity index (χ4n) is 1.54. The number of hydrogen-bond donors (Lipinski definition) is 1. The Hall–Kier alpha value is -2.45. The van der Waals surface area contributed by atoms with Gasteiger partial charge in [0, 0.05) is 6.20 Å². The van der Waals surface area contributed by atoms with Gasteiger partial charge in [0.1, 0.15) is 11.6 Å². The third-order valence-electron chi connectivity index (χ3n) is 2.56. The SMILES string of the molecule is FC(F)Oc1ccc(CNc2ccc(C(F)(F)F)cn2)nc1. The zero-order valence-corrected chi connectivity index (χ0v) is 10.9. The molecular formula is C13H10F5N3O. The molecule has 0 aromatic carbocycles. The van der Waals surface area contributed by atoms with Crippen LogP contribution in [0.25, 0.3) is 0 Å². The van der Waals surface area contributed by atoms with Crippen LogP contribution in [0.4, 0.5) is 27.8 Å². The molecule has 0 amide bonds. The summed E-state index contributed by atoms with van der Waals surface area (Å²) in [6.45, 7) is -2.75. The van der Waals surface area contributed by atoms with E-state index in [0.717, 1.165) is 18.5 Å². The van der Waals surface area contributed by atoms with Crippen LogP contribution in [0.3, 0.4) is 0 Å². The zero-order valence-electron chi connectivity index (χ0n) is 10.9.